The molecule has 0 aromatic heterocycles. The number of hydrogen-bond donors (Lipinski definition) is 0. The van der Waals surface area contributed by atoms with E-state index in [0.717, 1.165) is 17.4 Å². The molecule has 0 bridgehead atoms. The fourth-order valence-electron chi connectivity index (χ4n) is 2.54. The van der Waals surface area contributed by atoms with E-state index in [0.29, 0.717) is 17.7 Å². The summed E-state index contributed by atoms with van der Waals surface area (Å²) in [7, 11) is -3.51. The zero-order chi connectivity index (χ0) is 18.7. The Morgan fingerprint density at radius 3 is 2.38 bits per heavy atom. The molecule has 2 aromatic rings. The summed E-state index contributed by atoms with van der Waals surface area (Å²) in [5.74, 6) is 0. The monoisotopic (exact) mass is 379 g/mol. The van der Waals surface area contributed by atoms with Crippen LogP contribution < -0.4 is 0 Å². The van der Waals surface area contributed by atoms with E-state index >= 15 is 0 Å². The molecule has 138 valence electrons. The van der Waals surface area contributed by atoms with Crippen molar-refractivity contribution in [3.05, 3.63) is 74.8 Å². The Bertz CT molecular complexity index is 909. The van der Waals surface area contributed by atoms with Crippen LogP contribution in [0.1, 0.15) is 28.5 Å². The molecule has 0 radical (unpaired) electrons. The summed E-state index contributed by atoms with van der Waals surface area (Å²) in [5.41, 5.74) is 3.21. The van der Waals surface area contributed by atoms with Gasteiger partial charge in [0.25, 0.3) is 15.8 Å². The van der Waals surface area contributed by atoms with E-state index in [1.807, 2.05) is 12.1 Å². The molecule has 0 N–H and O–H groups in total. The number of hydrogen-bond acceptors (Lipinski definition) is 7. The maximum absolute atomic E-state index is 11.1. The van der Waals surface area contributed by atoms with Crippen molar-refractivity contribution in [2.24, 2.45) is 0 Å². The van der Waals surface area contributed by atoms with Crippen molar-refractivity contribution >= 4 is 15.8 Å². The highest BCUT2D eigenvalue weighted by Crippen LogP contribution is 2.29. The summed E-state index contributed by atoms with van der Waals surface area (Å²) in [4.78, 5) is 10.3. The van der Waals surface area contributed by atoms with Crippen LogP contribution in [0, 0.1) is 10.1 Å². The SMILES string of the molecule is CS(=O)(=O)OCc1ccc2c(c1)COC(c1ccc([N+](=O)[O-])cc1)OC2. The quantitative estimate of drug-likeness (QED) is 0.447. The van der Waals surface area contributed by atoms with Crippen LogP contribution in [0.2, 0.25) is 0 Å². The summed E-state index contributed by atoms with van der Waals surface area (Å²) in [6, 6.07) is 11.5. The van der Waals surface area contributed by atoms with Gasteiger partial charge in [0, 0.05) is 17.7 Å². The number of rotatable bonds is 5. The van der Waals surface area contributed by atoms with Gasteiger partial charge in [0.05, 0.1) is 31.0 Å². The summed E-state index contributed by atoms with van der Waals surface area (Å²) < 4.78 is 38.5. The fourth-order valence-corrected chi connectivity index (χ4v) is 2.89. The van der Waals surface area contributed by atoms with Gasteiger partial charge < -0.3 is 9.47 Å². The van der Waals surface area contributed by atoms with Crippen molar-refractivity contribution in [3.63, 3.8) is 0 Å². The molecule has 26 heavy (non-hydrogen) atoms. The molecule has 1 aliphatic rings. The van der Waals surface area contributed by atoms with Gasteiger partial charge in [-0.25, -0.2) is 0 Å². The number of benzene rings is 2. The van der Waals surface area contributed by atoms with Gasteiger partial charge in [-0.05, 0) is 28.8 Å². The molecule has 3 rings (SSSR count). The molecular weight excluding hydrogens is 362 g/mol. The third-order valence-corrected chi connectivity index (χ3v) is 4.41. The zero-order valence-corrected chi connectivity index (χ0v) is 14.8. The Balaban J connectivity index is 1.71. The molecule has 0 spiro atoms. The van der Waals surface area contributed by atoms with Gasteiger partial charge in [-0.15, -0.1) is 0 Å². The van der Waals surface area contributed by atoms with Crippen LogP contribution in [-0.2, 0) is 43.6 Å². The summed E-state index contributed by atoms with van der Waals surface area (Å²) in [6.45, 7) is 0.534. The Kier molecular flexibility index (Phi) is 5.33. The number of non-ortho nitro benzene ring substituents is 1. The third kappa shape index (κ3) is 4.64. The van der Waals surface area contributed by atoms with Gasteiger partial charge in [0.15, 0.2) is 6.29 Å². The number of nitrogens with zero attached hydrogens (tertiary/aromatic N) is 1. The molecule has 1 unspecified atom stereocenters. The smallest absolute Gasteiger partial charge is 0.269 e. The third-order valence-electron chi connectivity index (χ3n) is 3.87. The highest BCUT2D eigenvalue weighted by molar-refractivity contribution is 7.85. The van der Waals surface area contributed by atoms with E-state index < -0.39 is 21.3 Å². The predicted molar refractivity (Wildman–Crippen MR) is 91.5 cm³/mol. The standard InChI is InChI=1S/C17H17NO7S/c1-26(21,22)25-9-12-2-3-14-10-23-17(24-11-15(14)8-12)13-4-6-16(7-5-13)18(19)20/h2-8,17H,9-11H2,1H3. The maximum Gasteiger partial charge on any atom is 0.269 e. The lowest BCUT2D eigenvalue weighted by molar-refractivity contribution is -0.384. The number of nitro benzene ring substituents is 1. The van der Waals surface area contributed by atoms with Crippen molar-refractivity contribution in [3.8, 4) is 0 Å². The minimum absolute atomic E-state index is 0.00109. The van der Waals surface area contributed by atoms with Gasteiger partial charge in [-0.1, -0.05) is 18.2 Å². The molecule has 0 amide bonds. The van der Waals surface area contributed by atoms with Gasteiger partial charge in [0.1, 0.15) is 0 Å². The second-order valence-electron chi connectivity index (χ2n) is 5.87. The average Bonchev–Trinajstić information content (AvgIpc) is 2.81. The predicted octanol–water partition coefficient (Wildman–Crippen LogP) is 2.82. The molecule has 9 heteroatoms. The van der Waals surface area contributed by atoms with Crippen molar-refractivity contribution in [1.82, 2.24) is 0 Å². The average molecular weight is 379 g/mol. The van der Waals surface area contributed by atoms with E-state index in [4.69, 9.17) is 13.7 Å². The highest BCUT2D eigenvalue weighted by atomic mass is 32.2. The lowest BCUT2D eigenvalue weighted by Crippen LogP contribution is -2.05. The van der Waals surface area contributed by atoms with Crippen LogP contribution in [0.25, 0.3) is 0 Å². The van der Waals surface area contributed by atoms with Crippen LogP contribution in [0.4, 0.5) is 5.69 Å². The maximum atomic E-state index is 11.1. The number of fused-ring (bicyclic) bond motifs is 1. The molecule has 0 saturated heterocycles. The molecule has 0 fully saturated rings. The van der Waals surface area contributed by atoms with E-state index in [1.54, 1.807) is 18.2 Å². The Morgan fingerprint density at radius 2 is 1.77 bits per heavy atom. The van der Waals surface area contributed by atoms with Crippen LogP contribution in [0.5, 0.6) is 0 Å². The Labute approximate surface area is 150 Å². The van der Waals surface area contributed by atoms with Gasteiger partial charge >= 0.3 is 0 Å². The van der Waals surface area contributed by atoms with Crippen LogP contribution in [0.3, 0.4) is 0 Å². The van der Waals surface area contributed by atoms with Crippen molar-refractivity contribution < 1.29 is 27.0 Å². The first-order valence-corrected chi connectivity index (χ1v) is 9.56. The summed E-state index contributed by atoms with van der Waals surface area (Å²) in [5, 5.41) is 10.7. The molecule has 1 atom stereocenters. The summed E-state index contributed by atoms with van der Waals surface area (Å²) in [6.07, 6.45) is 0.362. The summed E-state index contributed by atoms with van der Waals surface area (Å²) >= 11 is 0. The van der Waals surface area contributed by atoms with Crippen molar-refractivity contribution in [2.75, 3.05) is 6.26 Å². The molecule has 0 aliphatic carbocycles. The van der Waals surface area contributed by atoms with E-state index in [-0.39, 0.29) is 18.9 Å². The van der Waals surface area contributed by atoms with Crippen molar-refractivity contribution in [2.45, 2.75) is 26.1 Å². The number of ether oxygens (including phenoxy) is 2. The zero-order valence-electron chi connectivity index (χ0n) is 14.0. The topological polar surface area (TPSA) is 105 Å². The second-order valence-corrected chi connectivity index (χ2v) is 7.52. The number of nitro groups is 1. The molecule has 1 aliphatic heterocycles. The first kappa shape index (κ1) is 18.5. The van der Waals surface area contributed by atoms with Crippen LogP contribution >= 0.6 is 0 Å². The molecule has 2 aromatic carbocycles. The lowest BCUT2D eigenvalue weighted by atomic mass is 10.1. The normalized spacial score (nSPS) is 17.3. The van der Waals surface area contributed by atoms with Crippen molar-refractivity contribution in [1.29, 1.82) is 0 Å². The molecule has 8 nitrogen and oxygen atoms in total. The second kappa shape index (κ2) is 7.50. The first-order chi connectivity index (χ1) is 12.3. The fraction of sp³-hybridized carbons (Fsp3) is 0.294. The van der Waals surface area contributed by atoms with Crippen LogP contribution in [-0.4, -0.2) is 19.6 Å². The van der Waals surface area contributed by atoms with Crippen LogP contribution in [0.15, 0.2) is 42.5 Å². The lowest BCUT2D eigenvalue weighted by Gasteiger charge is -2.15. The largest absolute Gasteiger partial charge is 0.344 e. The van der Waals surface area contributed by atoms with E-state index in [2.05, 4.69) is 0 Å². The molecule has 1 heterocycles. The Morgan fingerprint density at radius 1 is 1.12 bits per heavy atom. The van der Waals surface area contributed by atoms with Gasteiger partial charge in [-0.2, -0.15) is 8.42 Å². The Hall–Kier alpha value is -2.33. The molecule has 0 saturated carbocycles. The molecular formula is C17H17NO7S. The minimum Gasteiger partial charge on any atom is -0.344 e. The van der Waals surface area contributed by atoms with E-state index in [1.165, 1.54) is 12.1 Å². The first-order valence-electron chi connectivity index (χ1n) is 7.74. The highest BCUT2D eigenvalue weighted by Gasteiger charge is 2.20. The van der Waals surface area contributed by atoms with Gasteiger partial charge in [0.2, 0.25) is 0 Å². The van der Waals surface area contributed by atoms with E-state index in [9.17, 15) is 18.5 Å². The van der Waals surface area contributed by atoms with Gasteiger partial charge in [-0.3, -0.25) is 14.3 Å². The minimum atomic E-state index is -3.51.